The molecule has 1 aromatic rings. The molecular formula is C13H17F2NO2. The summed E-state index contributed by atoms with van der Waals surface area (Å²) in [6.45, 7) is 5.08. The fourth-order valence-electron chi connectivity index (χ4n) is 1.71. The molecule has 3 nitrogen and oxygen atoms in total. The van der Waals surface area contributed by atoms with Gasteiger partial charge in [-0.05, 0) is 32.5 Å². The first kappa shape index (κ1) is 14.6. The van der Waals surface area contributed by atoms with E-state index in [1.165, 1.54) is 36.9 Å². The van der Waals surface area contributed by atoms with E-state index in [0.29, 0.717) is 6.54 Å². The van der Waals surface area contributed by atoms with E-state index in [4.69, 9.17) is 5.11 Å². The molecule has 5 heteroatoms. The van der Waals surface area contributed by atoms with Gasteiger partial charge in [-0.15, -0.1) is 0 Å². The molecule has 0 amide bonds. The van der Waals surface area contributed by atoms with Crippen LogP contribution in [-0.2, 0) is 11.3 Å². The number of nitrogens with zero attached hydrogens (tertiary/aromatic N) is 1. The van der Waals surface area contributed by atoms with Crippen molar-refractivity contribution >= 4 is 5.97 Å². The molecule has 0 unspecified atom stereocenters. The highest BCUT2D eigenvalue weighted by molar-refractivity contribution is 5.77. The number of carbonyl (C=O) groups is 1. The maximum absolute atomic E-state index is 13.5. The topological polar surface area (TPSA) is 40.5 Å². The average molecular weight is 257 g/mol. The van der Waals surface area contributed by atoms with Crippen LogP contribution in [0.15, 0.2) is 18.2 Å². The van der Waals surface area contributed by atoms with Crippen LogP contribution in [-0.4, -0.2) is 28.1 Å². The number of halogens is 2. The van der Waals surface area contributed by atoms with Crippen molar-refractivity contribution in [3.63, 3.8) is 0 Å². The first-order chi connectivity index (χ1) is 8.30. The summed E-state index contributed by atoms with van der Waals surface area (Å²) < 4.78 is 27.0. The van der Waals surface area contributed by atoms with Crippen LogP contribution in [0.5, 0.6) is 0 Å². The van der Waals surface area contributed by atoms with Gasteiger partial charge in [-0.3, -0.25) is 9.69 Å². The molecule has 0 aliphatic carbocycles. The lowest BCUT2D eigenvalue weighted by atomic mass is 10.0. The van der Waals surface area contributed by atoms with Crippen LogP contribution in [0.1, 0.15) is 26.3 Å². The molecule has 1 rings (SSSR count). The van der Waals surface area contributed by atoms with E-state index in [9.17, 15) is 13.6 Å². The SMILES string of the molecule is CCN(Cc1c(F)cccc1F)C(C)(C)C(=O)O. The highest BCUT2D eigenvalue weighted by atomic mass is 19.1. The Morgan fingerprint density at radius 3 is 2.22 bits per heavy atom. The second kappa shape index (κ2) is 5.44. The molecule has 0 radical (unpaired) electrons. The van der Waals surface area contributed by atoms with Crippen molar-refractivity contribution in [2.75, 3.05) is 6.54 Å². The summed E-state index contributed by atoms with van der Waals surface area (Å²) in [6, 6.07) is 3.62. The number of hydrogen-bond acceptors (Lipinski definition) is 2. The zero-order chi connectivity index (χ0) is 13.9. The first-order valence-corrected chi connectivity index (χ1v) is 5.72. The average Bonchev–Trinajstić information content (AvgIpc) is 2.28. The predicted octanol–water partition coefficient (Wildman–Crippen LogP) is 2.65. The van der Waals surface area contributed by atoms with Crippen molar-refractivity contribution in [3.05, 3.63) is 35.4 Å². The fraction of sp³-hybridized carbons (Fsp3) is 0.462. The maximum atomic E-state index is 13.5. The third-order valence-electron chi connectivity index (χ3n) is 3.11. The molecule has 1 aromatic carbocycles. The zero-order valence-electron chi connectivity index (χ0n) is 10.7. The van der Waals surface area contributed by atoms with Crippen LogP contribution in [0.25, 0.3) is 0 Å². The summed E-state index contributed by atoms with van der Waals surface area (Å²) in [5.41, 5.74) is -1.28. The van der Waals surface area contributed by atoms with Crippen molar-refractivity contribution < 1.29 is 18.7 Å². The Morgan fingerprint density at radius 2 is 1.83 bits per heavy atom. The number of carboxylic acid groups (broad SMARTS) is 1. The number of hydrogen-bond donors (Lipinski definition) is 1. The van der Waals surface area contributed by atoms with Gasteiger partial charge in [0.2, 0.25) is 0 Å². The van der Waals surface area contributed by atoms with E-state index in [2.05, 4.69) is 0 Å². The van der Waals surface area contributed by atoms with Crippen molar-refractivity contribution in [1.29, 1.82) is 0 Å². The lowest BCUT2D eigenvalue weighted by molar-refractivity contribution is -0.149. The second-order valence-corrected chi connectivity index (χ2v) is 4.58. The van der Waals surface area contributed by atoms with Crippen molar-refractivity contribution in [1.82, 2.24) is 4.90 Å². The van der Waals surface area contributed by atoms with Crippen molar-refractivity contribution in [2.24, 2.45) is 0 Å². The smallest absolute Gasteiger partial charge is 0.323 e. The third-order valence-corrected chi connectivity index (χ3v) is 3.11. The van der Waals surface area contributed by atoms with Gasteiger partial charge in [0.15, 0.2) is 0 Å². The predicted molar refractivity (Wildman–Crippen MR) is 64.2 cm³/mol. The van der Waals surface area contributed by atoms with Gasteiger partial charge in [0.1, 0.15) is 17.2 Å². The quantitative estimate of drug-likeness (QED) is 0.881. The largest absolute Gasteiger partial charge is 0.480 e. The zero-order valence-corrected chi connectivity index (χ0v) is 10.7. The third kappa shape index (κ3) is 2.85. The summed E-state index contributed by atoms with van der Waals surface area (Å²) >= 11 is 0. The van der Waals surface area contributed by atoms with Gasteiger partial charge < -0.3 is 5.11 Å². The van der Waals surface area contributed by atoms with Gasteiger partial charge >= 0.3 is 5.97 Å². The summed E-state index contributed by atoms with van der Waals surface area (Å²) in [5, 5.41) is 9.13. The molecular weight excluding hydrogens is 240 g/mol. The van der Waals surface area contributed by atoms with E-state index >= 15 is 0 Å². The van der Waals surface area contributed by atoms with Crippen LogP contribution in [0.4, 0.5) is 8.78 Å². The summed E-state index contributed by atoms with van der Waals surface area (Å²) in [7, 11) is 0. The Hall–Kier alpha value is -1.49. The van der Waals surface area contributed by atoms with Crippen LogP contribution >= 0.6 is 0 Å². The van der Waals surface area contributed by atoms with Crippen LogP contribution < -0.4 is 0 Å². The molecule has 0 bridgehead atoms. The molecule has 0 saturated carbocycles. The van der Waals surface area contributed by atoms with Crippen molar-refractivity contribution in [2.45, 2.75) is 32.9 Å². The molecule has 0 aliphatic rings. The van der Waals surface area contributed by atoms with Crippen LogP contribution in [0.2, 0.25) is 0 Å². The van der Waals surface area contributed by atoms with Crippen LogP contribution in [0, 0.1) is 11.6 Å². The second-order valence-electron chi connectivity index (χ2n) is 4.58. The molecule has 0 atom stereocenters. The van der Waals surface area contributed by atoms with E-state index < -0.39 is 23.1 Å². The molecule has 100 valence electrons. The highest BCUT2D eigenvalue weighted by Gasteiger charge is 2.34. The van der Waals surface area contributed by atoms with Gasteiger partial charge in [-0.1, -0.05) is 13.0 Å². The summed E-state index contributed by atoms with van der Waals surface area (Å²) in [5.74, 6) is -2.34. The number of carboxylic acids is 1. The molecule has 0 fully saturated rings. The number of benzene rings is 1. The van der Waals surface area contributed by atoms with E-state index in [1.54, 1.807) is 6.92 Å². The van der Waals surface area contributed by atoms with E-state index in [1.807, 2.05) is 0 Å². The normalized spacial score (nSPS) is 11.9. The van der Waals surface area contributed by atoms with E-state index in [-0.39, 0.29) is 12.1 Å². The Kier molecular flexibility index (Phi) is 4.40. The van der Waals surface area contributed by atoms with Crippen LogP contribution in [0.3, 0.4) is 0 Å². The standard InChI is InChI=1S/C13H17F2NO2/c1-4-16(13(2,3)12(17)18)8-9-10(14)6-5-7-11(9)15/h5-7H,4,8H2,1-3H3,(H,17,18). The lowest BCUT2D eigenvalue weighted by Crippen LogP contribution is -2.49. The minimum Gasteiger partial charge on any atom is -0.480 e. The Morgan fingerprint density at radius 1 is 1.33 bits per heavy atom. The number of likely N-dealkylation sites (N-methyl/N-ethyl adjacent to an activating group) is 1. The fourth-order valence-corrected chi connectivity index (χ4v) is 1.71. The van der Waals surface area contributed by atoms with Gasteiger partial charge in [-0.25, -0.2) is 8.78 Å². The summed E-state index contributed by atoms with van der Waals surface area (Å²) in [6.07, 6.45) is 0. The van der Waals surface area contributed by atoms with Gasteiger partial charge in [0.05, 0.1) is 0 Å². The number of rotatable bonds is 5. The number of aliphatic carboxylic acids is 1. The minimum absolute atomic E-state index is 0.0751. The Balaban J connectivity index is 3.04. The maximum Gasteiger partial charge on any atom is 0.323 e. The highest BCUT2D eigenvalue weighted by Crippen LogP contribution is 2.21. The van der Waals surface area contributed by atoms with Gasteiger partial charge in [0.25, 0.3) is 0 Å². The molecule has 18 heavy (non-hydrogen) atoms. The van der Waals surface area contributed by atoms with E-state index in [0.717, 1.165) is 0 Å². The molecule has 1 N–H and O–H groups in total. The van der Waals surface area contributed by atoms with Gasteiger partial charge in [0, 0.05) is 12.1 Å². The lowest BCUT2D eigenvalue weighted by Gasteiger charge is -2.34. The molecule has 0 heterocycles. The summed E-state index contributed by atoms with van der Waals surface area (Å²) in [4.78, 5) is 12.7. The van der Waals surface area contributed by atoms with Gasteiger partial charge in [-0.2, -0.15) is 0 Å². The Labute approximate surface area is 105 Å². The monoisotopic (exact) mass is 257 g/mol. The molecule has 0 spiro atoms. The molecule has 0 aromatic heterocycles. The molecule has 0 saturated heterocycles. The minimum atomic E-state index is -1.18. The molecule has 0 aliphatic heterocycles. The first-order valence-electron chi connectivity index (χ1n) is 5.72. The van der Waals surface area contributed by atoms with Crippen molar-refractivity contribution in [3.8, 4) is 0 Å². The Bertz CT molecular complexity index is 426.